The van der Waals surface area contributed by atoms with Crippen molar-refractivity contribution in [1.82, 2.24) is 10.6 Å². The molecule has 160 valence electrons. The Kier molecular flexibility index (Phi) is 7.89. The van der Waals surface area contributed by atoms with Gasteiger partial charge in [0, 0.05) is 35.8 Å². The lowest BCUT2D eigenvalue weighted by atomic mass is 10.0. The second-order valence-electron chi connectivity index (χ2n) is 7.04. The van der Waals surface area contributed by atoms with E-state index in [0.29, 0.717) is 42.6 Å². The van der Waals surface area contributed by atoms with E-state index in [9.17, 15) is 20.0 Å². The fourth-order valence-corrected chi connectivity index (χ4v) is 3.21. The van der Waals surface area contributed by atoms with Gasteiger partial charge in [-0.3, -0.25) is 9.59 Å². The van der Waals surface area contributed by atoms with Crippen LogP contribution in [0.25, 0.3) is 0 Å². The number of hydrogen-bond donors (Lipinski definition) is 4. The standard InChI is InChI=1S/C24H25N3O4/c28-23(20-7-3-1-4-8-20)25-15-13-18-11-12-19(22(17-18)27(30)31)14-16-26-24(29)21-9-5-2-6-10-21/h1-12,17,27,30H,13-16H2,(H,25,28)(H,26,29). The zero-order chi connectivity index (χ0) is 22.1. The van der Waals surface area contributed by atoms with Gasteiger partial charge in [-0.2, -0.15) is 5.23 Å². The van der Waals surface area contributed by atoms with E-state index in [1.807, 2.05) is 18.2 Å². The van der Waals surface area contributed by atoms with Crippen molar-refractivity contribution in [2.75, 3.05) is 13.1 Å². The first kappa shape index (κ1) is 22.2. The number of rotatable bonds is 9. The monoisotopic (exact) mass is 419 g/mol. The molecule has 0 saturated heterocycles. The molecular formula is C24H25N3O4. The van der Waals surface area contributed by atoms with Crippen LogP contribution in [0, 0.1) is 5.21 Å². The van der Waals surface area contributed by atoms with Crippen molar-refractivity contribution in [3.05, 3.63) is 106 Å². The molecule has 31 heavy (non-hydrogen) atoms. The average Bonchev–Trinajstić information content (AvgIpc) is 2.80. The highest BCUT2D eigenvalue weighted by Gasteiger charge is 2.12. The zero-order valence-corrected chi connectivity index (χ0v) is 17.0. The van der Waals surface area contributed by atoms with Gasteiger partial charge in [-0.25, -0.2) is 5.21 Å². The average molecular weight is 419 g/mol. The molecule has 0 aliphatic rings. The molecule has 1 unspecified atom stereocenters. The van der Waals surface area contributed by atoms with Gasteiger partial charge in [-0.15, -0.1) is 0 Å². The normalized spacial score (nSPS) is 11.5. The summed E-state index contributed by atoms with van der Waals surface area (Å²) in [6.45, 7) is 0.736. The highest BCUT2D eigenvalue weighted by molar-refractivity contribution is 5.94. The van der Waals surface area contributed by atoms with E-state index in [1.54, 1.807) is 60.7 Å². The molecule has 0 aromatic heterocycles. The van der Waals surface area contributed by atoms with Crippen LogP contribution in [-0.2, 0) is 12.8 Å². The number of carbonyl (C=O) groups is 2. The lowest BCUT2D eigenvalue weighted by Crippen LogP contribution is -2.99. The quantitative estimate of drug-likeness (QED) is 0.398. The molecule has 7 heteroatoms. The lowest BCUT2D eigenvalue weighted by Gasteiger charge is -2.17. The van der Waals surface area contributed by atoms with Gasteiger partial charge in [0.05, 0.1) is 0 Å². The third-order valence-corrected chi connectivity index (χ3v) is 4.86. The molecule has 0 aliphatic heterocycles. The van der Waals surface area contributed by atoms with E-state index < -0.39 is 5.23 Å². The van der Waals surface area contributed by atoms with Gasteiger partial charge in [0.15, 0.2) is 5.69 Å². The van der Waals surface area contributed by atoms with E-state index >= 15 is 0 Å². The van der Waals surface area contributed by atoms with Gasteiger partial charge in [0.2, 0.25) is 0 Å². The predicted octanol–water partition coefficient (Wildman–Crippen LogP) is 2.04. The van der Waals surface area contributed by atoms with E-state index in [4.69, 9.17) is 0 Å². The summed E-state index contributed by atoms with van der Waals surface area (Å²) in [6.07, 6.45) is 0.926. The molecule has 0 heterocycles. The summed E-state index contributed by atoms with van der Waals surface area (Å²) >= 11 is 0. The van der Waals surface area contributed by atoms with Gasteiger partial charge in [0.25, 0.3) is 11.8 Å². The van der Waals surface area contributed by atoms with Gasteiger partial charge in [-0.05, 0) is 42.7 Å². The zero-order valence-electron chi connectivity index (χ0n) is 17.0. The summed E-state index contributed by atoms with van der Waals surface area (Å²) in [4.78, 5) is 24.2. The van der Waals surface area contributed by atoms with Crippen molar-refractivity contribution in [3.63, 3.8) is 0 Å². The fourth-order valence-electron chi connectivity index (χ4n) is 3.21. The smallest absolute Gasteiger partial charge is 0.251 e. The molecule has 0 radical (unpaired) electrons. The molecule has 3 aromatic carbocycles. The number of nitrogens with one attached hydrogen (secondary N) is 3. The van der Waals surface area contributed by atoms with E-state index in [2.05, 4.69) is 10.6 Å². The van der Waals surface area contributed by atoms with Crippen LogP contribution >= 0.6 is 0 Å². The largest absolute Gasteiger partial charge is 0.595 e. The summed E-state index contributed by atoms with van der Waals surface area (Å²) in [5.41, 5.74) is 2.83. The third kappa shape index (κ3) is 6.48. The van der Waals surface area contributed by atoms with Gasteiger partial charge >= 0.3 is 0 Å². The Morgan fingerprint density at radius 1 is 0.774 bits per heavy atom. The van der Waals surface area contributed by atoms with E-state index in [-0.39, 0.29) is 17.5 Å². The summed E-state index contributed by atoms with van der Waals surface area (Å²) in [6, 6.07) is 23.1. The molecule has 1 atom stereocenters. The van der Waals surface area contributed by atoms with Gasteiger partial charge < -0.3 is 15.8 Å². The Balaban J connectivity index is 1.54. The molecule has 0 saturated carbocycles. The molecule has 4 N–H and O–H groups in total. The molecule has 3 aromatic rings. The molecule has 3 rings (SSSR count). The van der Waals surface area contributed by atoms with Gasteiger partial charge in [-0.1, -0.05) is 48.5 Å². The maximum Gasteiger partial charge on any atom is 0.251 e. The second-order valence-corrected chi connectivity index (χ2v) is 7.04. The summed E-state index contributed by atoms with van der Waals surface area (Å²) < 4.78 is 0. The third-order valence-electron chi connectivity index (χ3n) is 4.86. The summed E-state index contributed by atoms with van der Waals surface area (Å²) in [7, 11) is 0. The minimum absolute atomic E-state index is 0.162. The van der Waals surface area contributed by atoms with Crippen molar-refractivity contribution < 1.29 is 20.0 Å². The molecule has 7 nitrogen and oxygen atoms in total. The van der Waals surface area contributed by atoms with Crippen molar-refractivity contribution in [2.45, 2.75) is 12.8 Å². The van der Waals surface area contributed by atoms with Crippen LogP contribution in [0.15, 0.2) is 78.9 Å². The molecule has 0 fully saturated rings. The number of benzene rings is 3. The van der Waals surface area contributed by atoms with Crippen LogP contribution in [0.2, 0.25) is 0 Å². The Labute approximate surface area is 180 Å². The van der Waals surface area contributed by atoms with Crippen molar-refractivity contribution in [2.24, 2.45) is 0 Å². The van der Waals surface area contributed by atoms with Gasteiger partial charge in [0.1, 0.15) is 0 Å². The van der Waals surface area contributed by atoms with E-state index in [0.717, 1.165) is 5.56 Å². The summed E-state index contributed by atoms with van der Waals surface area (Å²) in [5.74, 6) is -0.354. The molecule has 0 spiro atoms. The Morgan fingerprint density at radius 3 is 1.81 bits per heavy atom. The SMILES string of the molecule is O=C(NCCc1ccc(CCNC(=O)c2ccccc2)c([NH+]([O-])O)c1)c1ccccc1. The number of carbonyl (C=O) groups excluding carboxylic acids is 2. The first-order valence-electron chi connectivity index (χ1n) is 10.1. The fraction of sp³-hybridized carbons (Fsp3) is 0.167. The maximum absolute atomic E-state index is 12.1. The minimum atomic E-state index is -1.01. The lowest BCUT2D eigenvalue weighted by molar-refractivity contribution is -0.991. The van der Waals surface area contributed by atoms with Crippen LogP contribution < -0.4 is 15.9 Å². The van der Waals surface area contributed by atoms with Crippen LogP contribution in [-0.4, -0.2) is 30.1 Å². The molecule has 2 amide bonds. The Hall–Kier alpha value is -3.52. The maximum atomic E-state index is 12.1. The van der Waals surface area contributed by atoms with Crippen LogP contribution in [0.3, 0.4) is 0 Å². The van der Waals surface area contributed by atoms with Crippen molar-refractivity contribution >= 4 is 17.5 Å². The first-order chi connectivity index (χ1) is 15.0. The molecule has 0 aliphatic carbocycles. The Morgan fingerprint density at radius 2 is 1.29 bits per heavy atom. The van der Waals surface area contributed by atoms with Crippen LogP contribution in [0.1, 0.15) is 31.8 Å². The molecular weight excluding hydrogens is 394 g/mol. The summed E-state index contributed by atoms with van der Waals surface area (Å²) in [5, 5.41) is 25.9. The highest BCUT2D eigenvalue weighted by atomic mass is 16.8. The topological polar surface area (TPSA) is 106 Å². The van der Waals surface area contributed by atoms with Crippen LogP contribution in [0.5, 0.6) is 0 Å². The van der Waals surface area contributed by atoms with E-state index in [1.165, 1.54) is 0 Å². The first-order valence-corrected chi connectivity index (χ1v) is 10.1. The minimum Gasteiger partial charge on any atom is -0.595 e. The second kappa shape index (κ2) is 11.0. The van der Waals surface area contributed by atoms with Crippen LogP contribution in [0.4, 0.5) is 5.69 Å². The molecule has 0 bridgehead atoms. The van der Waals surface area contributed by atoms with Crippen molar-refractivity contribution in [3.8, 4) is 0 Å². The Bertz CT molecular complexity index is 1010. The highest BCUT2D eigenvalue weighted by Crippen LogP contribution is 2.15. The van der Waals surface area contributed by atoms with Crippen molar-refractivity contribution in [1.29, 1.82) is 0 Å². The number of quaternary nitrogens is 1. The number of amides is 2. The predicted molar refractivity (Wildman–Crippen MR) is 117 cm³/mol. The number of hydrogen-bond acceptors (Lipinski definition) is 4.